The van der Waals surface area contributed by atoms with Crippen LogP contribution in [0.4, 0.5) is 0 Å². The minimum Gasteiger partial charge on any atom is -0.316 e. The molecule has 0 amide bonds. The summed E-state index contributed by atoms with van der Waals surface area (Å²) in [6.07, 6.45) is 0. The lowest BCUT2D eigenvalue weighted by molar-refractivity contribution is -0.140. The van der Waals surface area contributed by atoms with Gasteiger partial charge in [-0.3, -0.25) is 4.79 Å². The zero-order valence-corrected chi connectivity index (χ0v) is 11.6. The molecule has 0 fully saturated rings. The van der Waals surface area contributed by atoms with E-state index in [1.807, 2.05) is 27.8 Å². The Morgan fingerprint density at radius 2 is 1.47 bits per heavy atom. The van der Waals surface area contributed by atoms with Crippen molar-refractivity contribution in [3.63, 3.8) is 0 Å². The van der Waals surface area contributed by atoms with Crippen molar-refractivity contribution >= 4 is 5.78 Å². The van der Waals surface area contributed by atoms with Gasteiger partial charge in [-0.2, -0.15) is 0 Å². The molecule has 1 N–H and O–H groups in total. The Balaban J connectivity index is 5.22. The average Bonchev–Trinajstić information content (AvgIpc) is 2.12. The minimum absolute atomic E-state index is 0.198. The second-order valence-corrected chi connectivity index (χ2v) is 6.03. The van der Waals surface area contributed by atoms with Gasteiger partial charge in [-0.15, -0.1) is 0 Å². The van der Waals surface area contributed by atoms with Gasteiger partial charge < -0.3 is 5.32 Å². The van der Waals surface area contributed by atoms with Gasteiger partial charge in [-0.05, 0) is 19.9 Å². The van der Waals surface area contributed by atoms with E-state index in [4.69, 9.17) is 0 Å². The molecule has 0 spiro atoms. The summed E-state index contributed by atoms with van der Waals surface area (Å²) in [6.45, 7) is 14.4. The van der Waals surface area contributed by atoms with Gasteiger partial charge >= 0.3 is 0 Å². The summed E-state index contributed by atoms with van der Waals surface area (Å²) in [6, 6.07) is 0.198. The zero-order valence-electron chi connectivity index (χ0n) is 11.6. The van der Waals surface area contributed by atoms with Crippen molar-refractivity contribution in [3.05, 3.63) is 0 Å². The highest BCUT2D eigenvalue weighted by atomic mass is 16.1. The number of carbonyl (C=O) groups is 1. The SMILES string of the molecule is CNC(C)C(C)(C(=O)C(C)(C)C)C(C)C. The quantitative estimate of drug-likeness (QED) is 0.778. The molecule has 0 saturated heterocycles. The van der Waals surface area contributed by atoms with Crippen LogP contribution in [0.15, 0.2) is 0 Å². The fourth-order valence-corrected chi connectivity index (χ4v) is 2.07. The molecular formula is C13H27NO. The number of hydrogen-bond acceptors (Lipinski definition) is 2. The van der Waals surface area contributed by atoms with Gasteiger partial charge in [0.1, 0.15) is 5.78 Å². The topological polar surface area (TPSA) is 29.1 Å². The molecule has 0 heterocycles. The third kappa shape index (κ3) is 2.81. The fourth-order valence-electron chi connectivity index (χ4n) is 2.07. The Labute approximate surface area is 94.8 Å². The molecule has 0 aliphatic carbocycles. The van der Waals surface area contributed by atoms with Crippen LogP contribution >= 0.6 is 0 Å². The van der Waals surface area contributed by atoms with Crippen molar-refractivity contribution < 1.29 is 4.79 Å². The van der Waals surface area contributed by atoms with E-state index in [9.17, 15) is 4.79 Å². The van der Waals surface area contributed by atoms with Crippen molar-refractivity contribution in [3.8, 4) is 0 Å². The van der Waals surface area contributed by atoms with Gasteiger partial charge in [0, 0.05) is 16.9 Å². The highest BCUT2D eigenvalue weighted by Crippen LogP contribution is 2.38. The number of ketones is 1. The van der Waals surface area contributed by atoms with Crippen molar-refractivity contribution in [2.24, 2.45) is 16.7 Å². The summed E-state index contributed by atoms with van der Waals surface area (Å²) in [4.78, 5) is 12.5. The van der Waals surface area contributed by atoms with E-state index in [0.717, 1.165) is 0 Å². The van der Waals surface area contributed by atoms with Gasteiger partial charge in [-0.1, -0.05) is 41.5 Å². The second kappa shape index (κ2) is 4.65. The molecule has 0 aromatic rings. The summed E-state index contributed by atoms with van der Waals surface area (Å²) in [5.41, 5.74) is -0.572. The monoisotopic (exact) mass is 213 g/mol. The first-order valence-corrected chi connectivity index (χ1v) is 5.80. The Bertz CT molecular complexity index is 227. The molecule has 0 rings (SSSR count). The van der Waals surface area contributed by atoms with Crippen LogP contribution in [0.25, 0.3) is 0 Å². The molecule has 2 atom stereocenters. The maximum atomic E-state index is 12.5. The van der Waals surface area contributed by atoms with E-state index in [1.54, 1.807) is 0 Å². The van der Waals surface area contributed by atoms with Crippen molar-refractivity contribution in [1.29, 1.82) is 0 Å². The first-order chi connectivity index (χ1) is 6.58. The molecular weight excluding hydrogens is 186 g/mol. The molecule has 2 nitrogen and oxygen atoms in total. The van der Waals surface area contributed by atoms with Gasteiger partial charge in [0.25, 0.3) is 0 Å². The Morgan fingerprint density at radius 3 is 1.67 bits per heavy atom. The van der Waals surface area contributed by atoms with Crippen LogP contribution in [0.5, 0.6) is 0 Å². The van der Waals surface area contributed by atoms with E-state index in [1.165, 1.54) is 0 Å². The van der Waals surface area contributed by atoms with E-state index >= 15 is 0 Å². The molecule has 90 valence electrons. The Morgan fingerprint density at radius 1 is 1.07 bits per heavy atom. The highest BCUT2D eigenvalue weighted by Gasteiger charge is 2.45. The van der Waals surface area contributed by atoms with Crippen molar-refractivity contribution in [2.45, 2.75) is 54.5 Å². The molecule has 0 aromatic heterocycles. The van der Waals surface area contributed by atoms with E-state index in [0.29, 0.717) is 11.7 Å². The zero-order chi connectivity index (χ0) is 12.4. The summed E-state index contributed by atoms with van der Waals surface area (Å²) in [5, 5.41) is 3.22. The smallest absolute Gasteiger partial charge is 0.145 e. The number of rotatable bonds is 4. The first-order valence-electron chi connectivity index (χ1n) is 5.80. The van der Waals surface area contributed by atoms with E-state index < -0.39 is 0 Å². The number of nitrogens with one attached hydrogen (secondary N) is 1. The molecule has 0 bridgehead atoms. The highest BCUT2D eigenvalue weighted by molar-refractivity contribution is 5.90. The molecule has 2 heteroatoms. The lowest BCUT2D eigenvalue weighted by Gasteiger charge is -2.42. The first kappa shape index (κ1) is 14.6. The lowest BCUT2D eigenvalue weighted by Crippen LogP contribution is -2.52. The largest absolute Gasteiger partial charge is 0.316 e. The van der Waals surface area contributed by atoms with Crippen LogP contribution in [0.2, 0.25) is 0 Å². The average molecular weight is 213 g/mol. The third-order valence-corrected chi connectivity index (χ3v) is 3.70. The molecule has 0 aliphatic heterocycles. The van der Waals surface area contributed by atoms with Crippen LogP contribution in [0.1, 0.15) is 48.5 Å². The molecule has 15 heavy (non-hydrogen) atoms. The third-order valence-electron chi connectivity index (χ3n) is 3.70. The minimum atomic E-state index is -0.299. The molecule has 0 aromatic carbocycles. The number of carbonyl (C=O) groups excluding carboxylic acids is 1. The predicted octanol–water partition coefficient (Wildman–Crippen LogP) is 2.87. The fraction of sp³-hybridized carbons (Fsp3) is 0.923. The van der Waals surface area contributed by atoms with Crippen LogP contribution in [-0.4, -0.2) is 18.9 Å². The van der Waals surface area contributed by atoms with Crippen molar-refractivity contribution in [2.75, 3.05) is 7.05 Å². The van der Waals surface area contributed by atoms with Gasteiger partial charge in [-0.25, -0.2) is 0 Å². The molecule has 2 unspecified atom stereocenters. The van der Waals surface area contributed by atoms with Crippen LogP contribution in [0, 0.1) is 16.7 Å². The lowest BCUT2D eigenvalue weighted by atomic mass is 9.64. The standard InChI is InChI=1S/C13H27NO/c1-9(2)13(7,10(3)14-8)11(15)12(4,5)6/h9-10,14H,1-8H3. The predicted molar refractivity (Wildman–Crippen MR) is 65.9 cm³/mol. The number of hydrogen-bond donors (Lipinski definition) is 1. The summed E-state index contributed by atoms with van der Waals surface area (Å²) < 4.78 is 0. The molecule has 0 aliphatic rings. The van der Waals surface area contributed by atoms with Gasteiger partial charge in [0.15, 0.2) is 0 Å². The molecule has 0 saturated carbocycles. The van der Waals surface area contributed by atoms with Crippen LogP contribution in [0.3, 0.4) is 0 Å². The van der Waals surface area contributed by atoms with Crippen LogP contribution < -0.4 is 5.32 Å². The van der Waals surface area contributed by atoms with Gasteiger partial charge in [0.05, 0.1) is 0 Å². The maximum absolute atomic E-state index is 12.5. The second-order valence-electron chi connectivity index (χ2n) is 6.03. The Kier molecular flexibility index (Phi) is 4.53. The van der Waals surface area contributed by atoms with Gasteiger partial charge in [0.2, 0.25) is 0 Å². The summed E-state index contributed by atoms with van der Waals surface area (Å²) in [7, 11) is 1.92. The molecule has 0 radical (unpaired) electrons. The normalized spacial score (nSPS) is 18.7. The van der Waals surface area contributed by atoms with E-state index in [-0.39, 0.29) is 16.9 Å². The van der Waals surface area contributed by atoms with E-state index in [2.05, 4.69) is 33.0 Å². The Hall–Kier alpha value is -0.370. The maximum Gasteiger partial charge on any atom is 0.145 e. The summed E-state index contributed by atoms with van der Waals surface area (Å²) >= 11 is 0. The van der Waals surface area contributed by atoms with Crippen molar-refractivity contribution in [1.82, 2.24) is 5.32 Å². The number of Topliss-reactive ketones (excluding diaryl/α,β-unsaturated/α-hetero) is 1. The summed E-state index contributed by atoms with van der Waals surface area (Å²) in [5.74, 6) is 0.679. The van der Waals surface area contributed by atoms with Crippen LogP contribution in [-0.2, 0) is 4.79 Å².